The molecule has 2 aliphatic heterocycles. The molecule has 2 bridgehead atoms. The van der Waals surface area contributed by atoms with E-state index in [0.29, 0.717) is 25.1 Å². The first-order valence-corrected chi connectivity index (χ1v) is 18.8. The lowest BCUT2D eigenvalue weighted by Crippen LogP contribution is -2.59. The summed E-state index contributed by atoms with van der Waals surface area (Å²) in [5, 5.41) is 13.2. The summed E-state index contributed by atoms with van der Waals surface area (Å²) in [5.74, 6) is -3.85. The predicted molar refractivity (Wildman–Crippen MR) is 184 cm³/mol. The third kappa shape index (κ3) is 11.2. The van der Waals surface area contributed by atoms with E-state index in [-0.39, 0.29) is 73.8 Å². The molecule has 1 aromatic heterocycles. The van der Waals surface area contributed by atoms with E-state index in [9.17, 15) is 32.7 Å². The summed E-state index contributed by atoms with van der Waals surface area (Å²) in [6.45, 7) is 13.0. The fourth-order valence-electron chi connectivity index (χ4n) is 6.26. The van der Waals surface area contributed by atoms with Crippen molar-refractivity contribution in [3.8, 4) is 0 Å². The highest BCUT2D eigenvalue weighted by atomic mass is 32.2. The third-order valence-corrected chi connectivity index (χ3v) is 10.7. The molecular formula is C35H52N4O9S. The van der Waals surface area contributed by atoms with Crippen LogP contribution in [0.5, 0.6) is 0 Å². The molecule has 1 saturated heterocycles. The lowest BCUT2D eigenvalue weighted by atomic mass is 9.92. The highest BCUT2D eigenvalue weighted by Gasteiger charge is 2.55. The van der Waals surface area contributed by atoms with Crippen LogP contribution in [0.2, 0.25) is 0 Å². The van der Waals surface area contributed by atoms with Gasteiger partial charge in [0, 0.05) is 32.0 Å². The van der Waals surface area contributed by atoms with Gasteiger partial charge in [-0.1, -0.05) is 64.5 Å². The van der Waals surface area contributed by atoms with Gasteiger partial charge < -0.3 is 29.4 Å². The SMILES string of the molecule is CCN(CC)CCS(=O)(=O)CC12CCCN1C(=O)c1coc(n1)CC(=O)CC(O)/C=C(C)/C=C/CNC(=O)/C=C/C(C)C(C(C)C)OC2=O. The maximum Gasteiger partial charge on any atom is 0.333 e. The van der Waals surface area contributed by atoms with Crippen LogP contribution in [0.25, 0.3) is 0 Å². The Balaban J connectivity index is 2.05. The van der Waals surface area contributed by atoms with Gasteiger partial charge in [-0.3, -0.25) is 14.4 Å². The highest BCUT2D eigenvalue weighted by molar-refractivity contribution is 7.91. The number of fused-ring (bicyclic) bond motifs is 3. The number of hydrogen-bond donors (Lipinski definition) is 2. The smallest absolute Gasteiger partial charge is 0.333 e. The number of ether oxygens (including phenoxy) is 1. The van der Waals surface area contributed by atoms with Gasteiger partial charge in [0.15, 0.2) is 21.1 Å². The average Bonchev–Trinajstić information content (AvgIpc) is 3.67. The van der Waals surface area contributed by atoms with Crippen molar-refractivity contribution in [2.24, 2.45) is 11.8 Å². The Bertz CT molecular complexity index is 1530. The molecule has 4 atom stereocenters. The summed E-state index contributed by atoms with van der Waals surface area (Å²) in [6, 6.07) is 0. The van der Waals surface area contributed by atoms with Crippen LogP contribution in [-0.2, 0) is 35.4 Å². The van der Waals surface area contributed by atoms with Gasteiger partial charge in [-0.2, -0.15) is 0 Å². The van der Waals surface area contributed by atoms with Gasteiger partial charge in [-0.25, -0.2) is 18.2 Å². The molecule has 3 rings (SSSR count). The molecule has 14 heteroatoms. The van der Waals surface area contributed by atoms with Crippen LogP contribution in [0.4, 0.5) is 0 Å². The number of allylic oxidation sites excluding steroid dienone is 2. The zero-order chi connectivity index (χ0) is 36.4. The minimum absolute atomic E-state index is 0.0463. The summed E-state index contributed by atoms with van der Waals surface area (Å²) in [6.07, 6.45) is 7.09. The number of nitrogens with zero attached hydrogens (tertiary/aromatic N) is 3. The molecule has 1 fully saturated rings. The second-order valence-corrected chi connectivity index (χ2v) is 15.4. The number of aliphatic hydroxyl groups excluding tert-OH is 1. The van der Waals surface area contributed by atoms with Gasteiger partial charge in [0.1, 0.15) is 18.2 Å². The average molecular weight is 705 g/mol. The number of oxazole rings is 1. The number of carbonyl (C=O) groups is 4. The number of hydrogen-bond acceptors (Lipinski definition) is 11. The minimum Gasteiger partial charge on any atom is -0.460 e. The molecular weight excluding hydrogens is 652 g/mol. The summed E-state index contributed by atoms with van der Waals surface area (Å²) in [7, 11) is -3.89. The number of cyclic esters (lactones) is 1. The second-order valence-electron chi connectivity index (χ2n) is 13.2. The van der Waals surface area contributed by atoms with Crippen molar-refractivity contribution in [1.29, 1.82) is 0 Å². The molecule has 1 aromatic rings. The van der Waals surface area contributed by atoms with Crippen LogP contribution < -0.4 is 5.32 Å². The van der Waals surface area contributed by atoms with Crippen LogP contribution in [0, 0.1) is 11.8 Å². The van der Waals surface area contributed by atoms with E-state index in [0.717, 1.165) is 6.26 Å². The molecule has 272 valence electrons. The topological polar surface area (TPSA) is 176 Å². The second kappa shape index (κ2) is 17.9. The standard InChI is InChI=1S/C35H52N4O9S/c1-7-38(8-2)17-18-49(45,46)23-35-14-10-16-39(35)33(43)29-22-47-31(37-29)21-28(41)20-27(40)19-25(5)11-9-15-36-30(42)13-12-26(6)32(24(3)4)48-34(35)44/h9,11-13,19,22,24,26-27,32,40H,7-8,10,14-18,20-21,23H2,1-6H3,(H,36,42)/b11-9+,13-12+,25-19+. The molecule has 0 radical (unpaired) electrons. The fraction of sp³-hybridized carbons (Fsp3) is 0.629. The third-order valence-electron chi connectivity index (χ3n) is 8.94. The van der Waals surface area contributed by atoms with E-state index >= 15 is 0 Å². The quantitative estimate of drug-likeness (QED) is 0.381. The fourth-order valence-corrected chi connectivity index (χ4v) is 8.08. The molecule has 0 aliphatic carbocycles. The van der Waals surface area contributed by atoms with Gasteiger partial charge in [-0.05, 0) is 44.8 Å². The Morgan fingerprint density at radius 3 is 2.55 bits per heavy atom. The van der Waals surface area contributed by atoms with Crippen molar-refractivity contribution in [2.75, 3.05) is 44.2 Å². The normalized spacial score (nSPS) is 27.7. The van der Waals surface area contributed by atoms with Gasteiger partial charge in [0.25, 0.3) is 5.91 Å². The Morgan fingerprint density at radius 1 is 1.16 bits per heavy atom. The maximum atomic E-state index is 14.3. The maximum absolute atomic E-state index is 14.3. The number of amides is 2. The van der Waals surface area contributed by atoms with Crippen LogP contribution in [0.3, 0.4) is 0 Å². The van der Waals surface area contributed by atoms with E-state index < -0.39 is 51.1 Å². The molecule has 49 heavy (non-hydrogen) atoms. The number of aromatic nitrogens is 1. The largest absolute Gasteiger partial charge is 0.460 e. The molecule has 0 aromatic carbocycles. The molecule has 4 unspecified atom stereocenters. The Morgan fingerprint density at radius 2 is 1.88 bits per heavy atom. The lowest BCUT2D eigenvalue weighted by molar-refractivity contribution is -0.164. The zero-order valence-electron chi connectivity index (χ0n) is 29.5. The number of rotatable bonds is 8. The van der Waals surface area contributed by atoms with Crippen molar-refractivity contribution in [3.63, 3.8) is 0 Å². The number of aliphatic hydroxyl groups is 1. The molecule has 13 nitrogen and oxygen atoms in total. The van der Waals surface area contributed by atoms with E-state index in [4.69, 9.17) is 9.15 Å². The Kier molecular flexibility index (Phi) is 14.5. The van der Waals surface area contributed by atoms with Crippen molar-refractivity contribution in [1.82, 2.24) is 20.1 Å². The van der Waals surface area contributed by atoms with Crippen molar-refractivity contribution in [3.05, 3.63) is 53.8 Å². The number of nitrogens with one attached hydrogen (secondary N) is 1. The van der Waals surface area contributed by atoms with E-state index in [1.807, 2.05) is 32.6 Å². The van der Waals surface area contributed by atoms with Crippen LogP contribution in [-0.4, -0.2) is 114 Å². The van der Waals surface area contributed by atoms with Gasteiger partial charge in [0.2, 0.25) is 11.8 Å². The molecule has 2 N–H and O–H groups in total. The van der Waals surface area contributed by atoms with Crippen LogP contribution >= 0.6 is 0 Å². The minimum atomic E-state index is -3.89. The molecule has 2 amide bonds. The van der Waals surface area contributed by atoms with E-state index in [1.165, 1.54) is 17.1 Å². The van der Waals surface area contributed by atoms with Gasteiger partial charge >= 0.3 is 5.97 Å². The number of ketones is 1. The zero-order valence-corrected chi connectivity index (χ0v) is 30.3. The number of Topliss-reactive ketones (excluding diaryl/α,β-unsaturated/α-hetero) is 1. The van der Waals surface area contributed by atoms with Crippen molar-refractivity contribution >= 4 is 33.4 Å². The summed E-state index contributed by atoms with van der Waals surface area (Å²) in [5.41, 5.74) is -1.32. The molecule has 2 aliphatic rings. The first kappa shape index (κ1) is 39.8. The number of carbonyl (C=O) groups excluding carboxylic acids is 4. The molecule has 0 saturated carbocycles. The summed E-state index contributed by atoms with van der Waals surface area (Å²) < 4.78 is 38.9. The van der Waals surface area contributed by atoms with Crippen molar-refractivity contribution < 1.29 is 41.9 Å². The van der Waals surface area contributed by atoms with E-state index in [1.54, 1.807) is 32.1 Å². The molecule has 3 heterocycles. The Labute approximate surface area is 289 Å². The predicted octanol–water partition coefficient (Wildman–Crippen LogP) is 2.66. The lowest BCUT2D eigenvalue weighted by Gasteiger charge is -2.38. The summed E-state index contributed by atoms with van der Waals surface area (Å²) >= 11 is 0. The first-order chi connectivity index (χ1) is 23.1. The summed E-state index contributed by atoms with van der Waals surface area (Å²) in [4.78, 5) is 61.0. The first-order valence-electron chi connectivity index (χ1n) is 17.0. The highest BCUT2D eigenvalue weighted by Crippen LogP contribution is 2.35. The molecule has 0 spiro atoms. The van der Waals surface area contributed by atoms with Crippen LogP contribution in [0.1, 0.15) is 77.2 Å². The number of sulfone groups is 1. The van der Waals surface area contributed by atoms with Crippen LogP contribution in [0.15, 0.2) is 46.6 Å². The monoisotopic (exact) mass is 704 g/mol. The van der Waals surface area contributed by atoms with Gasteiger partial charge in [-0.15, -0.1) is 0 Å². The Hall–Kier alpha value is -3.62. The van der Waals surface area contributed by atoms with Crippen molar-refractivity contribution in [2.45, 2.75) is 85.0 Å². The van der Waals surface area contributed by atoms with E-state index in [2.05, 4.69) is 10.3 Å². The number of esters is 1. The van der Waals surface area contributed by atoms with Gasteiger partial charge in [0.05, 0.1) is 24.0 Å².